The Morgan fingerprint density at radius 2 is 2.00 bits per heavy atom. The molecule has 76 valence electrons. The molecule has 0 spiro atoms. The van der Waals surface area contributed by atoms with Crippen molar-refractivity contribution in [2.45, 2.75) is 6.43 Å². The van der Waals surface area contributed by atoms with Gasteiger partial charge < -0.3 is 0 Å². The minimum Gasteiger partial charge on any atom is -0.258 e. The van der Waals surface area contributed by atoms with Crippen molar-refractivity contribution < 1.29 is 18.1 Å². The Morgan fingerprint density at radius 1 is 1.43 bits per heavy atom. The van der Waals surface area contributed by atoms with Gasteiger partial charge in [0.1, 0.15) is 5.82 Å². The number of hydrogen-bond donors (Lipinski definition) is 0. The van der Waals surface area contributed by atoms with E-state index in [2.05, 4.69) is 15.9 Å². The molecule has 0 N–H and O–H groups in total. The summed E-state index contributed by atoms with van der Waals surface area (Å²) < 4.78 is 36.9. The lowest BCUT2D eigenvalue weighted by molar-refractivity contribution is -0.385. The number of nitrogens with zero attached hydrogens (tertiary/aromatic N) is 1. The number of hydrogen-bond acceptors (Lipinski definition) is 2. The molecule has 1 aromatic rings. The lowest BCUT2D eigenvalue weighted by Crippen LogP contribution is -1.95. The van der Waals surface area contributed by atoms with Crippen LogP contribution in [0.5, 0.6) is 0 Å². The molecule has 1 rings (SSSR count). The third kappa shape index (κ3) is 2.03. The summed E-state index contributed by atoms with van der Waals surface area (Å²) in [5, 5.41) is 10.2. The number of benzene rings is 1. The highest BCUT2D eigenvalue weighted by molar-refractivity contribution is 9.10. The molecule has 0 aliphatic heterocycles. The maximum atomic E-state index is 12.9. The molecule has 0 heterocycles. The van der Waals surface area contributed by atoms with Gasteiger partial charge in [-0.15, -0.1) is 0 Å². The summed E-state index contributed by atoms with van der Waals surface area (Å²) in [6.45, 7) is 0. The molecular weight excluding hydrogens is 267 g/mol. The Bertz CT molecular complexity index is 383. The van der Waals surface area contributed by atoms with E-state index >= 15 is 0 Å². The van der Waals surface area contributed by atoms with Gasteiger partial charge in [0.25, 0.3) is 12.1 Å². The van der Waals surface area contributed by atoms with Gasteiger partial charge >= 0.3 is 0 Å². The van der Waals surface area contributed by atoms with Gasteiger partial charge in [0.15, 0.2) is 0 Å². The standard InChI is InChI=1S/C7H3BrF3NO2/c8-6-4(7(10)11)1-3(12(13)14)2-5(6)9/h1-2,7H. The van der Waals surface area contributed by atoms with Gasteiger partial charge in [-0.05, 0) is 15.9 Å². The van der Waals surface area contributed by atoms with Gasteiger partial charge in [0, 0.05) is 11.6 Å². The molecule has 0 fully saturated rings. The van der Waals surface area contributed by atoms with Gasteiger partial charge in [0.2, 0.25) is 0 Å². The molecule has 1 aromatic carbocycles. The van der Waals surface area contributed by atoms with Gasteiger partial charge in [-0.2, -0.15) is 0 Å². The average molecular weight is 270 g/mol. The van der Waals surface area contributed by atoms with Crippen LogP contribution in [0.4, 0.5) is 18.9 Å². The molecule has 0 unspecified atom stereocenters. The second kappa shape index (κ2) is 3.95. The van der Waals surface area contributed by atoms with Crippen molar-refractivity contribution in [1.29, 1.82) is 0 Å². The van der Waals surface area contributed by atoms with Gasteiger partial charge in [0.05, 0.1) is 15.5 Å². The SMILES string of the molecule is O=[N+]([O-])c1cc(F)c(Br)c(C(F)F)c1. The topological polar surface area (TPSA) is 43.1 Å². The fourth-order valence-corrected chi connectivity index (χ4v) is 1.26. The number of nitro benzene ring substituents is 1. The fraction of sp³-hybridized carbons (Fsp3) is 0.143. The maximum Gasteiger partial charge on any atom is 0.272 e. The fourth-order valence-electron chi connectivity index (χ4n) is 0.860. The Morgan fingerprint density at radius 3 is 2.43 bits per heavy atom. The van der Waals surface area contributed by atoms with Crippen molar-refractivity contribution in [2.75, 3.05) is 0 Å². The number of alkyl halides is 2. The third-order valence-electron chi connectivity index (χ3n) is 1.49. The van der Waals surface area contributed by atoms with Crippen molar-refractivity contribution in [3.63, 3.8) is 0 Å². The van der Waals surface area contributed by atoms with Crippen LogP contribution in [0.1, 0.15) is 12.0 Å². The van der Waals surface area contributed by atoms with Gasteiger partial charge in [-0.25, -0.2) is 13.2 Å². The quantitative estimate of drug-likeness (QED) is 0.610. The van der Waals surface area contributed by atoms with E-state index in [-0.39, 0.29) is 0 Å². The summed E-state index contributed by atoms with van der Waals surface area (Å²) in [7, 11) is 0. The first kappa shape index (κ1) is 11.0. The minimum atomic E-state index is -2.96. The molecule has 0 amide bonds. The largest absolute Gasteiger partial charge is 0.272 e. The van der Waals surface area contributed by atoms with Crippen LogP contribution in [0, 0.1) is 15.9 Å². The predicted molar refractivity (Wildman–Crippen MR) is 45.7 cm³/mol. The van der Waals surface area contributed by atoms with Crippen LogP contribution in [-0.2, 0) is 0 Å². The first-order valence-corrected chi connectivity index (χ1v) is 4.14. The van der Waals surface area contributed by atoms with E-state index in [4.69, 9.17) is 0 Å². The molecule has 0 atom stereocenters. The van der Waals surface area contributed by atoms with Crippen LogP contribution < -0.4 is 0 Å². The first-order chi connectivity index (χ1) is 6.43. The van der Waals surface area contributed by atoms with E-state index in [0.717, 1.165) is 0 Å². The Kier molecular flexibility index (Phi) is 3.10. The first-order valence-electron chi connectivity index (χ1n) is 3.35. The van der Waals surface area contributed by atoms with E-state index in [1.54, 1.807) is 0 Å². The van der Waals surface area contributed by atoms with Crippen LogP contribution >= 0.6 is 15.9 Å². The second-order valence-corrected chi connectivity index (χ2v) is 3.18. The van der Waals surface area contributed by atoms with E-state index < -0.39 is 32.9 Å². The summed E-state index contributed by atoms with van der Waals surface area (Å²) in [5.41, 5.74) is -1.42. The van der Waals surface area contributed by atoms with E-state index in [1.165, 1.54) is 0 Å². The highest BCUT2D eigenvalue weighted by Gasteiger charge is 2.20. The lowest BCUT2D eigenvalue weighted by Gasteiger charge is -2.03. The number of nitro groups is 1. The molecule has 0 aliphatic rings. The van der Waals surface area contributed by atoms with Crippen molar-refractivity contribution in [2.24, 2.45) is 0 Å². The van der Waals surface area contributed by atoms with E-state index in [9.17, 15) is 23.3 Å². The van der Waals surface area contributed by atoms with Gasteiger partial charge in [-0.3, -0.25) is 10.1 Å². The van der Waals surface area contributed by atoms with Crippen molar-refractivity contribution in [1.82, 2.24) is 0 Å². The number of non-ortho nitro benzene ring substituents is 1. The molecule has 0 aliphatic carbocycles. The number of halogens is 4. The molecule has 0 saturated carbocycles. The molecule has 0 radical (unpaired) electrons. The molecule has 0 aromatic heterocycles. The van der Waals surface area contributed by atoms with Crippen LogP contribution in [0.25, 0.3) is 0 Å². The van der Waals surface area contributed by atoms with Crippen LogP contribution in [-0.4, -0.2) is 4.92 Å². The van der Waals surface area contributed by atoms with Crippen LogP contribution in [0.15, 0.2) is 16.6 Å². The van der Waals surface area contributed by atoms with Crippen molar-refractivity contribution in [3.8, 4) is 0 Å². The molecule has 7 heteroatoms. The second-order valence-electron chi connectivity index (χ2n) is 2.39. The smallest absolute Gasteiger partial charge is 0.258 e. The molecule has 14 heavy (non-hydrogen) atoms. The predicted octanol–water partition coefficient (Wildman–Crippen LogP) is 3.43. The normalized spacial score (nSPS) is 10.6. The maximum absolute atomic E-state index is 12.9. The zero-order valence-electron chi connectivity index (χ0n) is 6.51. The Labute approximate surface area is 84.8 Å². The minimum absolute atomic E-state index is 0.446. The summed E-state index contributed by atoms with van der Waals surface area (Å²) >= 11 is 2.59. The summed E-state index contributed by atoms with van der Waals surface area (Å²) in [5.74, 6) is -1.07. The average Bonchev–Trinajstić information content (AvgIpc) is 2.08. The molecule has 0 bridgehead atoms. The van der Waals surface area contributed by atoms with Crippen molar-refractivity contribution in [3.05, 3.63) is 38.1 Å². The molecule has 0 saturated heterocycles. The van der Waals surface area contributed by atoms with Crippen molar-refractivity contribution >= 4 is 21.6 Å². The highest BCUT2D eigenvalue weighted by Crippen LogP contribution is 2.32. The summed E-state index contributed by atoms with van der Waals surface area (Å²) in [6.07, 6.45) is -2.96. The third-order valence-corrected chi connectivity index (χ3v) is 2.32. The monoisotopic (exact) mass is 269 g/mol. The van der Waals surface area contributed by atoms with Crippen LogP contribution in [0.2, 0.25) is 0 Å². The highest BCUT2D eigenvalue weighted by atomic mass is 79.9. The van der Waals surface area contributed by atoms with E-state index in [0.29, 0.717) is 12.1 Å². The molecular formula is C7H3BrF3NO2. The lowest BCUT2D eigenvalue weighted by atomic mass is 10.2. The summed E-state index contributed by atoms with van der Waals surface area (Å²) in [6, 6.07) is 1.22. The zero-order chi connectivity index (χ0) is 10.9. The Hall–Kier alpha value is -1.11. The zero-order valence-corrected chi connectivity index (χ0v) is 8.09. The van der Waals surface area contributed by atoms with E-state index in [1.807, 2.05) is 0 Å². The summed E-state index contributed by atoms with van der Waals surface area (Å²) in [4.78, 5) is 9.29. The number of rotatable bonds is 2. The van der Waals surface area contributed by atoms with Crippen LogP contribution in [0.3, 0.4) is 0 Å². The van der Waals surface area contributed by atoms with Gasteiger partial charge in [-0.1, -0.05) is 0 Å². The Balaban J connectivity index is 3.35. The molecule has 3 nitrogen and oxygen atoms in total.